The Morgan fingerprint density at radius 1 is 1.47 bits per heavy atom. The van der Waals surface area contributed by atoms with Crippen molar-refractivity contribution < 1.29 is 0 Å². The first-order chi connectivity index (χ1) is 6.80. The van der Waals surface area contributed by atoms with Crippen molar-refractivity contribution in [2.24, 2.45) is 7.05 Å². The van der Waals surface area contributed by atoms with Gasteiger partial charge in [0.15, 0.2) is 0 Å². The highest BCUT2D eigenvalue weighted by atomic mass is 35.5. The summed E-state index contributed by atoms with van der Waals surface area (Å²) < 4.78 is 1.85. The van der Waals surface area contributed by atoms with E-state index >= 15 is 0 Å². The van der Waals surface area contributed by atoms with Gasteiger partial charge in [0.2, 0.25) is 0 Å². The summed E-state index contributed by atoms with van der Waals surface area (Å²) in [4.78, 5) is 0. The molecule has 1 aromatic rings. The minimum absolute atomic E-state index is 0.0537. The maximum atomic E-state index is 5.89. The molecule has 0 N–H and O–H groups in total. The normalized spacial score (nSPS) is 14.8. The van der Waals surface area contributed by atoms with Crippen molar-refractivity contribution in [3.63, 3.8) is 0 Å². The number of aryl methyl sites for hydroxylation is 1. The molecule has 1 rings (SSSR count). The monoisotopic (exact) mass is 226 g/mol. The number of rotatable bonds is 2. The van der Waals surface area contributed by atoms with E-state index in [0.717, 1.165) is 11.3 Å². The number of allylic oxidation sites excluding steroid dienone is 1. The molecule has 0 saturated heterocycles. The summed E-state index contributed by atoms with van der Waals surface area (Å²) in [5, 5.41) is 4.54. The van der Waals surface area contributed by atoms with Crippen molar-refractivity contribution in [1.29, 1.82) is 0 Å². The molecule has 84 valence electrons. The first-order valence-electron chi connectivity index (χ1n) is 5.17. The van der Waals surface area contributed by atoms with Crippen molar-refractivity contribution in [3.05, 3.63) is 23.5 Å². The lowest BCUT2D eigenvalue weighted by atomic mass is 9.89. The number of halogens is 1. The van der Waals surface area contributed by atoms with Crippen LogP contribution in [-0.2, 0) is 12.5 Å². The minimum Gasteiger partial charge on any atom is -0.275 e. The fourth-order valence-electron chi connectivity index (χ4n) is 1.45. The van der Waals surface area contributed by atoms with Gasteiger partial charge in [0.1, 0.15) is 0 Å². The standard InChI is InChI=1S/C12H19ClN2/c1-9(13)6-7-10-8-15(5)14-11(10)12(2,3)4/h6-9H,1-5H3/b7-6+. The molecule has 3 heteroatoms. The van der Waals surface area contributed by atoms with Crippen molar-refractivity contribution in [2.75, 3.05) is 0 Å². The maximum Gasteiger partial charge on any atom is 0.0750 e. The van der Waals surface area contributed by atoms with Gasteiger partial charge in [-0.1, -0.05) is 32.9 Å². The highest BCUT2D eigenvalue weighted by Gasteiger charge is 2.20. The average molecular weight is 227 g/mol. The van der Waals surface area contributed by atoms with E-state index in [4.69, 9.17) is 11.6 Å². The van der Waals surface area contributed by atoms with E-state index < -0.39 is 0 Å². The fraction of sp³-hybridized carbons (Fsp3) is 0.583. The molecule has 0 spiro atoms. The van der Waals surface area contributed by atoms with Gasteiger partial charge in [-0.2, -0.15) is 5.10 Å². The van der Waals surface area contributed by atoms with Crippen LogP contribution in [0.4, 0.5) is 0 Å². The number of alkyl halides is 1. The lowest BCUT2D eigenvalue weighted by Gasteiger charge is -2.16. The molecule has 1 aromatic heterocycles. The Morgan fingerprint density at radius 2 is 2.07 bits per heavy atom. The molecule has 2 nitrogen and oxygen atoms in total. The van der Waals surface area contributed by atoms with Gasteiger partial charge in [-0.15, -0.1) is 11.6 Å². The molecule has 1 heterocycles. The number of aromatic nitrogens is 2. The first kappa shape index (κ1) is 12.3. The summed E-state index contributed by atoms with van der Waals surface area (Å²) in [7, 11) is 1.94. The van der Waals surface area contributed by atoms with Crippen LogP contribution in [0.1, 0.15) is 39.0 Å². The molecule has 0 bridgehead atoms. The first-order valence-corrected chi connectivity index (χ1v) is 5.61. The van der Waals surface area contributed by atoms with Crippen molar-refractivity contribution in [1.82, 2.24) is 9.78 Å². The van der Waals surface area contributed by atoms with E-state index in [0.29, 0.717) is 0 Å². The number of hydrogen-bond acceptors (Lipinski definition) is 1. The third-order valence-corrected chi connectivity index (χ3v) is 2.25. The molecule has 0 saturated carbocycles. The summed E-state index contributed by atoms with van der Waals surface area (Å²) in [6.07, 6.45) is 6.05. The third-order valence-electron chi connectivity index (χ3n) is 2.11. The van der Waals surface area contributed by atoms with Crippen molar-refractivity contribution in [2.45, 2.75) is 38.5 Å². The number of hydrogen-bond donors (Lipinski definition) is 0. The van der Waals surface area contributed by atoms with Gasteiger partial charge in [-0.25, -0.2) is 0 Å². The van der Waals surface area contributed by atoms with E-state index in [1.165, 1.54) is 0 Å². The Kier molecular flexibility index (Phi) is 3.61. The summed E-state index contributed by atoms with van der Waals surface area (Å²) in [6, 6.07) is 0. The molecule has 15 heavy (non-hydrogen) atoms. The highest BCUT2D eigenvalue weighted by Crippen LogP contribution is 2.25. The Labute approximate surface area is 96.9 Å². The molecular formula is C12H19ClN2. The molecular weight excluding hydrogens is 208 g/mol. The molecule has 1 unspecified atom stereocenters. The Bertz CT molecular complexity index is 356. The quantitative estimate of drug-likeness (QED) is 0.708. The van der Waals surface area contributed by atoms with Crippen LogP contribution in [0.2, 0.25) is 0 Å². The highest BCUT2D eigenvalue weighted by molar-refractivity contribution is 6.21. The third kappa shape index (κ3) is 3.38. The van der Waals surface area contributed by atoms with Gasteiger partial charge in [0.05, 0.1) is 5.69 Å². The van der Waals surface area contributed by atoms with E-state index in [-0.39, 0.29) is 10.8 Å². The summed E-state index contributed by atoms with van der Waals surface area (Å²) in [6.45, 7) is 8.44. The molecule has 0 fully saturated rings. The van der Waals surface area contributed by atoms with Crippen LogP contribution in [-0.4, -0.2) is 15.2 Å². The van der Waals surface area contributed by atoms with E-state index in [9.17, 15) is 0 Å². The van der Waals surface area contributed by atoms with Crippen LogP contribution < -0.4 is 0 Å². The van der Waals surface area contributed by atoms with Gasteiger partial charge >= 0.3 is 0 Å². The zero-order chi connectivity index (χ0) is 11.6. The Hall–Kier alpha value is -0.760. The molecule has 1 atom stereocenters. The smallest absolute Gasteiger partial charge is 0.0750 e. The minimum atomic E-state index is 0.0537. The van der Waals surface area contributed by atoms with Gasteiger partial charge < -0.3 is 0 Å². The van der Waals surface area contributed by atoms with E-state index in [2.05, 4.69) is 25.9 Å². The lowest BCUT2D eigenvalue weighted by molar-refractivity contribution is 0.552. The van der Waals surface area contributed by atoms with Crippen LogP contribution in [0.3, 0.4) is 0 Å². The molecule has 0 radical (unpaired) electrons. The summed E-state index contributed by atoms with van der Waals surface area (Å²) >= 11 is 5.89. The van der Waals surface area contributed by atoms with Crippen LogP contribution in [0.25, 0.3) is 6.08 Å². The number of nitrogens with zero attached hydrogens (tertiary/aromatic N) is 2. The summed E-state index contributed by atoms with van der Waals surface area (Å²) in [5.41, 5.74) is 2.33. The van der Waals surface area contributed by atoms with E-state index in [1.807, 2.05) is 37.0 Å². The molecule has 0 amide bonds. The molecule has 0 aliphatic carbocycles. The zero-order valence-corrected chi connectivity index (χ0v) is 10.8. The predicted molar refractivity (Wildman–Crippen MR) is 66.3 cm³/mol. The van der Waals surface area contributed by atoms with Crippen LogP contribution in [0.15, 0.2) is 12.3 Å². The molecule has 0 aliphatic rings. The Balaban J connectivity index is 3.07. The lowest BCUT2D eigenvalue weighted by Crippen LogP contribution is -2.13. The van der Waals surface area contributed by atoms with Crippen molar-refractivity contribution in [3.8, 4) is 0 Å². The largest absolute Gasteiger partial charge is 0.275 e. The Morgan fingerprint density at radius 3 is 2.53 bits per heavy atom. The summed E-state index contributed by atoms with van der Waals surface area (Å²) in [5.74, 6) is 0. The fourth-order valence-corrected chi connectivity index (χ4v) is 1.52. The van der Waals surface area contributed by atoms with Gasteiger partial charge in [-0.3, -0.25) is 4.68 Å². The topological polar surface area (TPSA) is 17.8 Å². The second kappa shape index (κ2) is 4.40. The van der Waals surface area contributed by atoms with Gasteiger partial charge in [0.25, 0.3) is 0 Å². The predicted octanol–water partition coefficient (Wildman–Crippen LogP) is 3.36. The van der Waals surface area contributed by atoms with Crippen LogP contribution in [0.5, 0.6) is 0 Å². The maximum absolute atomic E-state index is 5.89. The molecule has 0 aromatic carbocycles. The van der Waals surface area contributed by atoms with E-state index in [1.54, 1.807) is 0 Å². The average Bonchev–Trinajstić information content (AvgIpc) is 2.42. The second-order valence-electron chi connectivity index (χ2n) is 4.89. The van der Waals surface area contributed by atoms with Crippen LogP contribution in [0, 0.1) is 0 Å². The van der Waals surface area contributed by atoms with Gasteiger partial charge in [0, 0.05) is 29.6 Å². The molecule has 0 aliphatic heterocycles. The van der Waals surface area contributed by atoms with Gasteiger partial charge in [-0.05, 0) is 6.92 Å². The second-order valence-corrected chi connectivity index (χ2v) is 5.58. The SMILES string of the molecule is CC(Cl)/C=C/c1cn(C)nc1C(C)(C)C. The zero-order valence-electron chi connectivity index (χ0n) is 10.1. The van der Waals surface area contributed by atoms with Crippen molar-refractivity contribution >= 4 is 17.7 Å². The van der Waals surface area contributed by atoms with Crippen LogP contribution >= 0.6 is 11.6 Å².